The highest BCUT2D eigenvalue weighted by Crippen LogP contribution is 2.21. The lowest BCUT2D eigenvalue weighted by atomic mass is 10.0. The lowest BCUT2D eigenvalue weighted by molar-refractivity contribution is -0.127. The molecule has 0 spiro atoms. The summed E-state index contributed by atoms with van der Waals surface area (Å²) in [6.07, 6.45) is 4.11. The van der Waals surface area contributed by atoms with Gasteiger partial charge in [-0.3, -0.25) is 9.59 Å². The number of nitrogens with one attached hydrogen (secondary N) is 1. The Bertz CT molecular complexity index is 974. The van der Waals surface area contributed by atoms with E-state index >= 15 is 0 Å². The molecule has 0 unspecified atom stereocenters. The molecule has 2 aromatic heterocycles. The summed E-state index contributed by atoms with van der Waals surface area (Å²) >= 11 is 1.49. The van der Waals surface area contributed by atoms with Gasteiger partial charge in [0.1, 0.15) is 11.6 Å². The SMILES string of the molecule is CCCn1c(C)cc(C=C(C#N)C(=O)N2CCC(NC(=O)c3ccsc3)CC2)c1C. The zero-order valence-corrected chi connectivity index (χ0v) is 18.6. The number of nitrogens with zero attached hydrogens (tertiary/aromatic N) is 3. The van der Waals surface area contributed by atoms with E-state index in [1.807, 2.05) is 30.7 Å². The van der Waals surface area contributed by atoms with E-state index < -0.39 is 0 Å². The van der Waals surface area contributed by atoms with Gasteiger partial charge in [-0.2, -0.15) is 16.6 Å². The van der Waals surface area contributed by atoms with Crippen LogP contribution in [0.2, 0.25) is 0 Å². The molecule has 0 aromatic carbocycles. The summed E-state index contributed by atoms with van der Waals surface area (Å²) in [7, 11) is 0. The number of amides is 2. The molecule has 1 N–H and O–H groups in total. The highest BCUT2D eigenvalue weighted by atomic mass is 32.1. The molecule has 1 saturated heterocycles. The molecule has 0 aliphatic carbocycles. The van der Waals surface area contributed by atoms with Crippen LogP contribution in [-0.4, -0.2) is 40.4 Å². The summed E-state index contributed by atoms with van der Waals surface area (Å²) in [4.78, 5) is 26.9. The summed E-state index contributed by atoms with van der Waals surface area (Å²) in [5, 5.41) is 16.4. The maximum absolute atomic E-state index is 12.9. The van der Waals surface area contributed by atoms with Gasteiger partial charge in [-0.1, -0.05) is 6.92 Å². The summed E-state index contributed by atoms with van der Waals surface area (Å²) < 4.78 is 2.22. The van der Waals surface area contributed by atoms with Crippen LogP contribution >= 0.6 is 11.3 Å². The molecule has 7 heteroatoms. The van der Waals surface area contributed by atoms with Crippen molar-refractivity contribution in [1.29, 1.82) is 5.26 Å². The first-order valence-electron chi connectivity index (χ1n) is 10.4. The number of carbonyl (C=O) groups is 2. The van der Waals surface area contributed by atoms with Crippen molar-refractivity contribution >= 4 is 29.2 Å². The first-order valence-corrected chi connectivity index (χ1v) is 11.3. The topological polar surface area (TPSA) is 78.1 Å². The average Bonchev–Trinajstić information content (AvgIpc) is 3.37. The van der Waals surface area contributed by atoms with Crippen LogP contribution in [0.5, 0.6) is 0 Å². The Hall–Kier alpha value is -2.85. The van der Waals surface area contributed by atoms with Crippen molar-refractivity contribution in [1.82, 2.24) is 14.8 Å². The van der Waals surface area contributed by atoms with Gasteiger partial charge in [0, 0.05) is 48.0 Å². The number of aryl methyl sites for hydroxylation is 1. The summed E-state index contributed by atoms with van der Waals surface area (Å²) in [6, 6.07) is 5.97. The summed E-state index contributed by atoms with van der Waals surface area (Å²) in [6.45, 7) is 8.18. The number of carbonyl (C=O) groups excluding carboxylic acids is 2. The lowest BCUT2D eigenvalue weighted by Gasteiger charge is -2.32. The Morgan fingerprint density at radius 1 is 1.33 bits per heavy atom. The number of piperidine rings is 1. The van der Waals surface area contributed by atoms with Crippen molar-refractivity contribution in [2.24, 2.45) is 0 Å². The molecule has 2 amide bonds. The second-order valence-corrected chi connectivity index (χ2v) is 8.48. The summed E-state index contributed by atoms with van der Waals surface area (Å²) in [5.41, 5.74) is 3.96. The van der Waals surface area contributed by atoms with Crippen LogP contribution in [0.1, 0.15) is 53.5 Å². The van der Waals surface area contributed by atoms with E-state index in [1.165, 1.54) is 11.3 Å². The minimum absolute atomic E-state index is 0.0453. The molecule has 158 valence electrons. The van der Waals surface area contributed by atoms with E-state index in [-0.39, 0.29) is 23.4 Å². The molecule has 3 rings (SSSR count). The minimum Gasteiger partial charge on any atom is -0.349 e. The second kappa shape index (κ2) is 9.77. The highest BCUT2D eigenvalue weighted by Gasteiger charge is 2.26. The van der Waals surface area contributed by atoms with Crippen molar-refractivity contribution in [3.8, 4) is 6.07 Å². The number of hydrogen-bond acceptors (Lipinski definition) is 4. The molecule has 0 atom stereocenters. The third kappa shape index (κ3) is 4.82. The molecule has 2 aromatic rings. The smallest absolute Gasteiger partial charge is 0.264 e. The maximum Gasteiger partial charge on any atom is 0.264 e. The average molecular weight is 425 g/mol. The van der Waals surface area contributed by atoms with Gasteiger partial charge in [0.05, 0.1) is 0 Å². The van der Waals surface area contributed by atoms with E-state index in [0.29, 0.717) is 31.5 Å². The molecule has 1 fully saturated rings. The lowest BCUT2D eigenvalue weighted by Crippen LogP contribution is -2.46. The summed E-state index contributed by atoms with van der Waals surface area (Å²) in [5.74, 6) is -0.304. The van der Waals surface area contributed by atoms with E-state index in [1.54, 1.807) is 17.0 Å². The van der Waals surface area contributed by atoms with Crippen LogP contribution < -0.4 is 5.32 Å². The number of rotatable bonds is 6. The predicted molar refractivity (Wildman–Crippen MR) is 119 cm³/mol. The molecule has 1 aliphatic heterocycles. The van der Waals surface area contributed by atoms with Gasteiger partial charge in [-0.25, -0.2) is 0 Å². The van der Waals surface area contributed by atoms with E-state index in [0.717, 1.165) is 29.9 Å². The van der Waals surface area contributed by atoms with Crippen molar-refractivity contribution < 1.29 is 9.59 Å². The molecule has 0 radical (unpaired) electrons. The highest BCUT2D eigenvalue weighted by molar-refractivity contribution is 7.08. The number of hydrogen-bond donors (Lipinski definition) is 1. The van der Waals surface area contributed by atoms with Crippen LogP contribution in [0.25, 0.3) is 6.08 Å². The van der Waals surface area contributed by atoms with Crippen LogP contribution in [0.4, 0.5) is 0 Å². The molecule has 0 bridgehead atoms. The zero-order valence-electron chi connectivity index (χ0n) is 17.8. The molecule has 1 aliphatic rings. The van der Waals surface area contributed by atoms with Crippen molar-refractivity contribution in [3.63, 3.8) is 0 Å². The van der Waals surface area contributed by atoms with Crippen LogP contribution in [0, 0.1) is 25.2 Å². The molecule has 3 heterocycles. The van der Waals surface area contributed by atoms with Gasteiger partial charge >= 0.3 is 0 Å². The molecule has 0 saturated carbocycles. The Labute approximate surface area is 181 Å². The van der Waals surface area contributed by atoms with Gasteiger partial charge < -0.3 is 14.8 Å². The van der Waals surface area contributed by atoms with Crippen LogP contribution in [0.3, 0.4) is 0 Å². The number of thiophene rings is 1. The van der Waals surface area contributed by atoms with Crippen LogP contribution in [0.15, 0.2) is 28.5 Å². The van der Waals surface area contributed by atoms with E-state index in [9.17, 15) is 14.9 Å². The second-order valence-electron chi connectivity index (χ2n) is 7.70. The molecular weight excluding hydrogens is 396 g/mol. The zero-order chi connectivity index (χ0) is 21.7. The quantitative estimate of drug-likeness (QED) is 0.564. The minimum atomic E-state index is -0.236. The monoisotopic (exact) mass is 424 g/mol. The fourth-order valence-electron chi connectivity index (χ4n) is 3.90. The third-order valence-corrected chi connectivity index (χ3v) is 6.29. The number of likely N-dealkylation sites (tertiary alicyclic amines) is 1. The standard InChI is InChI=1S/C23H28N4O2S/c1-4-8-27-16(2)12-19(17(27)3)13-20(14-24)23(29)26-9-5-21(6-10-26)25-22(28)18-7-11-30-15-18/h7,11-13,15,21H,4-6,8-10H2,1-3H3,(H,25,28). The largest absolute Gasteiger partial charge is 0.349 e. The van der Waals surface area contributed by atoms with Crippen molar-refractivity contribution in [2.75, 3.05) is 13.1 Å². The van der Waals surface area contributed by atoms with Gasteiger partial charge in [-0.05, 0) is 62.3 Å². The van der Waals surface area contributed by atoms with Gasteiger partial charge in [0.25, 0.3) is 11.8 Å². The number of aromatic nitrogens is 1. The van der Waals surface area contributed by atoms with E-state index in [2.05, 4.69) is 22.9 Å². The van der Waals surface area contributed by atoms with Crippen molar-refractivity contribution in [2.45, 2.75) is 52.6 Å². The Morgan fingerprint density at radius 2 is 2.07 bits per heavy atom. The fraction of sp³-hybridized carbons (Fsp3) is 0.435. The first-order chi connectivity index (χ1) is 14.4. The van der Waals surface area contributed by atoms with Crippen LogP contribution in [-0.2, 0) is 11.3 Å². The van der Waals surface area contributed by atoms with Gasteiger partial charge in [0.2, 0.25) is 0 Å². The third-order valence-electron chi connectivity index (χ3n) is 5.61. The first kappa shape index (κ1) is 21.8. The predicted octanol–water partition coefficient (Wildman–Crippen LogP) is 3.90. The fourth-order valence-corrected chi connectivity index (χ4v) is 4.53. The Balaban J connectivity index is 1.63. The van der Waals surface area contributed by atoms with Gasteiger partial charge in [0.15, 0.2) is 0 Å². The maximum atomic E-state index is 12.9. The van der Waals surface area contributed by atoms with Gasteiger partial charge in [-0.15, -0.1) is 0 Å². The molecule has 30 heavy (non-hydrogen) atoms. The normalized spacial score (nSPS) is 15.1. The molecule has 6 nitrogen and oxygen atoms in total. The molecular formula is C23H28N4O2S. The number of nitriles is 1. The Kier molecular flexibility index (Phi) is 7.11. The van der Waals surface area contributed by atoms with Crippen molar-refractivity contribution in [3.05, 3.63) is 51.0 Å². The van der Waals surface area contributed by atoms with E-state index in [4.69, 9.17) is 0 Å². The Morgan fingerprint density at radius 3 is 2.67 bits per heavy atom.